The van der Waals surface area contributed by atoms with E-state index in [1.807, 2.05) is 35.2 Å². The van der Waals surface area contributed by atoms with Crippen LogP contribution in [-0.4, -0.2) is 71.4 Å². The highest BCUT2D eigenvalue weighted by Gasteiger charge is 2.54. The van der Waals surface area contributed by atoms with E-state index >= 15 is 0 Å². The zero-order valence-corrected chi connectivity index (χ0v) is 23.1. The highest BCUT2D eigenvalue weighted by atomic mass is 16.6. The standard InChI is InChI=1S/C31H31N5O6/c1-42-27-9-5-6-24(20-27)32-28(37)21-34-22-35(25-7-3-2-4-8-25)31(30(34)39)16-18-33(19-17-31)29(38)15-12-23-10-13-26(14-11-23)36(40)41/h2-15,20H,16-19,21-22H2,1H3,(H,32,37). The molecule has 2 saturated heterocycles. The lowest BCUT2D eigenvalue weighted by molar-refractivity contribution is -0.384. The van der Waals surface area contributed by atoms with Crippen LogP contribution in [0.15, 0.2) is 84.9 Å². The van der Waals surface area contributed by atoms with Gasteiger partial charge < -0.3 is 24.8 Å². The molecule has 0 bridgehead atoms. The minimum Gasteiger partial charge on any atom is -0.497 e. The van der Waals surface area contributed by atoms with Crippen LogP contribution in [0.4, 0.5) is 17.1 Å². The van der Waals surface area contributed by atoms with Crippen molar-refractivity contribution in [3.63, 3.8) is 0 Å². The van der Waals surface area contributed by atoms with E-state index in [0.717, 1.165) is 5.69 Å². The Hall–Kier alpha value is -5.19. The maximum Gasteiger partial charge on any atom is 0.269 e. The smallest absolute Gasteiger partial charge is 0.269 e. The molecule has 3 aromatic carbocycles. The summed E-state index contributed by atoms with van der Waals surface area (Å²) in [6.45, 7) is 0.870. The Morgan fingerprint density at radius 3 is 2.40 bits per heavy atom. The van der Waals surface area contributed by atoms with Gasteiger partial charge in [0.25, 0.3) is 11.6 Å². The number of piperidine rings is 1. The molecule has 1 N–H and O–H groups in total. The van der Waals surface area contributed by atoms with E-state index in [-0.39, 0.29) is 36.6 Å². The number of likely N-dealkylation sites (tertiary alicyclic amines) is 1. The molecular weight excluding hydrogens is 538 g/mol. The predicted octanol–water partition coefficient (Wildman–Crippen LogP) is 3.92. The summed E-state index contributed by atoms with van der Waals surface area (Å²) >= 11 is 0. The van der Waals surface area contributed by atoms with Crippen LogP contribution in [-0.2, 0) is 14.4 Å². The van der Waals surface area contributed by atoms with Crippen LogP contribution in [0.3, 0.4) is 0 Å². The van der Waals surface area contributed by atoms with Gasteiger partial charge in [-0.2, -0.15) is 0 Å². The van der Waals surface area contributed by atoms with Gasteiger partial charge in [0.05, 0.1) is 18.7 Å². The second kappa shape index (κ2) is 12.1. The number of non-ortho nitro benzene ring substituents is 1. The molecule has 0 aromatic heterocycles. The van der Waals surface area contributed by atoms with Gasteiger partial charge in [-0.1, -0.05) is 24.3 Å². The fourth-order valence-electron chi connectivity index (χ4n) is 5.47. The molecule has 2 aliphatic rings. The number of nitro groups is 1. The van der Waals surface area contributed by atoms with Crippen molar-refractivity contribution >= 4 is 40.9 Å². The van der Waals surface area contributed by atoms with Gasteiger partial charge >= 0.3 is 0 Å². The quantitative estimate of drug-likeness (QED) is 0.248. The minimum absolute atomic E-state index is 0.0178. The van der Waals surface area contributed by atoms with Crippen LogP contribution in [0.1, 0.15) is 18.4 Å². The van der Waals surface area contributed by atoms with Crippen LogP contribution >= 0.6 is 0 Å². The average Bonchev–Trinajstić information content (AvgIpc) is 3.26. The number of para-hydroxylation sites is 1. The molecule has 0 atom stereocenters. The Balaban J connectivity index is 1.27. The van der Waals surface area contributed by atoms with Gasteiger partial charge in [-0.15, -0.1) is 0 Å². The fourth-order valence-corrected chi connectivity index (χ4v) is 5.47. The molecule has 11 nitrogen and oxygen atoms in total. The third-order valence-corrected chi connectivity index (χ3v) is 7.69. The predicted molar refractivity (Wildman–Crippen MR) is 158 cm³/mol. The maximum absolute atomic E-state index is 13.9. The lowest BCUT2D eigenvalue weighted by atomic mass is 9.85. The van der Waals surface area contributed by atoms with E-state index < -0.39 is 10.5 Å². The molecule has 2 fully saturated rings. The van der Waals surface area contributed by atoms with Crippen molar-refractivity contribution in [2.75, 3.05) is 43.6 Å². The van der Waals surface area contributed by atoms with E-state index in [2.05, 4.69) is 5.32 Å². The Morgan fingerprint density at radius 2 is 1.74 bits per heavy atom. The molecule has 2 heterocycles. The van der Waals surface area contributed by atoms with Crippen molar-refractivity contribution in [3.8, 4) is 5.75 Å². The molecule has 2 aliphatic heterocycles. The third-order valence-electron chi connectivity index (χ3n) is 7.69. The van der Waals surface area contributed by atoms with Gasteiger partial charge in [-0.05, 0) is 60.9 Å². The number of carbonyl (C=O) groups is 3. The molecule has 42 heavy (non-hydrogen) atoms. The number of nitrogens with zero attached hydrogens (tertiary/aromatic N) is 4. The number of nitro benzene ring substituents is 1. The summed E-state index contributed by atoms with van der Waals surface area (Å²) in [6.07, 6.45) is 3.88. The highest BCUT2D eigenvalue weighted by molar-refractivity contribution is 5.99. The summed E-state index contributed by atoms with van der Waals surface area (Å²) in [4.78, 5) is 55.6. The van der Waals surface area contributed by atoms with Crippen LogP contribution in [0.2, 0.25) is 0 Å². The van der Waals surface area contributed by atoms with Crippen molar-refractivity contribution < 1.29 is 24.0 Å². The molecule has 11 heteroatoms. The van der Waals surface area contributed by atoms with E-state index in [1.165, 1.54) is 18.2 Å². The molecule has 0 unspecified atom stereocenters. The van der Waals surface area contributed by atoms with Crippen LogP contribution in [0.5, 0.6) is 5.75 Å². The average molecular weight is 570 g/mol. The summed E-state index contributed by atoms with van der Waals surface area (Å²) in [5, 5.41) is 13.7. The lowest BCUT2D eigenvalue weighted by Gasteiger charge is -2.43. The molecule has 5 rings (SSSR count). The van der Waals surface area contributed by atoms with Gasteiger partial charge in [0.1, 0.15) is 17.8 Å². The van der Waals surface area contributed by atoms with E-state index in [9.17, 15) is 24.5 Å². The van der Waals surface area contributed by atoms with E-state index in [0.29, 0.717) is 42.9 Å². The molecule has 0 aliphatic carbocycles. The summed E-state index contributed by atoms with van der Waals surface area (Å²) < 4.78 is 5.22. The Labute approximate surface area is 243 Å². The Kier molecular flexibility index (Phi) is 8.19. The first-order chi connectivity index (χ1) is 20.3. The largest absolute Gasteiger partial charge is 0.497 e. The number of carbonyl (C=O) groups excluding carboxylic acids is 3. The number of hydrogen-bond donors (Lipinski definition) is 1. The number of nitrogens with one attached hydrogen (secondary N) is 1. The summed E-state index contributed by atoms with van der Waals surface area (Å²) in [6, 6.07) is 22.6. The van der Waals surface area contributed by atoms with Crippen molar-refractivity contribution in [1.82, 2.24) is 9.80 Å². The molecule has 3 amide bonds. The maximum atomic E-state index is 13.9. The first-order valence-electron chi connectivity index (χ1n) is 13.6. The lowest BCUT2D eigenvalue weighted by Crippen LogP contribution is -2.57. The molecule has 0 saturated carbocycles. The molecule has 216 valence electrons. The number of methoxy groups -OCH3 is 1. The minimum atomic E-state index is -0.879. The third kappa shape index (κ3) is 5.95. The number of amides is 3. The SMILES string of the molecule is COc1cccc(NC(=O)CN2CN(c3ccccc3)C3(CCN(C(=O)C=Cc4ccc([N+](=O)[O-])cc4)CC3)C2=O)c1. The summed E-state index contributed by atoms with van der Waals surface area (Å²) in [5.41, 5.74) is 1.23. The first kappa shape index (κ1) is 28.3. The van der Waals surface area contributed by atoms with Crippen molar-refractivity contribution in [2.45, 2.75) is 18.4 Å². The molecular formula is C31H31N5O6. The monoisotopic (exact) mass is 569 g/mol. The molecule has 0 radical (unpaired) electrons. The van der Waals surface area contributed by atoms with Crippen molar-refractivity contribution in [3.05, 3.63) is 101 Å². The van der Waals surface area contributed by atoms with E-state index in [1.54, 1.807) is 59.4 Å². The topological polar surface area (TPSA) is 125 Å². The number of anilines is 2. The van der Waals surface area contributed by atoms with Gasteiger partial charge in [-0.3, -0.25) is 24.5 Å². The second-order valence-electron chi connectivity index (χ2n) is 10.2. The molecule has 3 aromatic rings. The van der Waals surface area contributed by atoms with Crippen LogP contribution in [0, 0.1) is 10.1 Å². The summed E-state index contributed by atoms with van der Waals surface area (Å²) in [5.74, 6) is -0.0380. The Bertz CT molecular complexity index is 1500. The van der Waals surface area contributed by atoms with Gasteiger partial charge in [0.2, 0.25) is 11.8 Å². The zero-order valence-electron chi connectivity index (χ0n) is 23.1. The van der Waals surface area contributed by atoms with Gasteiger partial charge in [-0.25, -0.2) is 0 Å². The fraction of sp³-hybridized carbons (Fsp3) is 0.258. The van der Waals surface area contributed by atoms with Crippen LogP contribution in [0.25, 0.3) is 6.08 Å². The first-order valence-corrected chi connectivity index (χ1v) is 13.6. The number of hydrogen-bond acceptors (Lipinski definition) is 7. The van der Waals surface area contributed by atoms with Gasteiger partial charge in [0, 0.05) is 48.7 Å². The number of rotatable bonds is 8. The van der Waals surface area contributed by atoms with Crippen molar-refractivity contribution in [1.29, 1.82) is 0 Å². The highest BCUT2D eigenvalue weighted by Crippen LogP contribution is 2.39. The van der Waals surface area contributed by atoms with Crippen LogP contribution < -0.4 is 15.0 Å². The second-order valence-corrected chi connectivity index (χ2v) is 10.2. The van der Waals surface area contributed by atoms with Crippen molar-refractivity contribution in [2.24, 2.45) is 0 Å². The zero-order chi connectivity index (χ0) is 29.7. The Morgan fingerprint density at radius 1 is 1.02 bits per heavy atom. The molecule has 1 spiro atoms. The van der Waals surface area contributed by atoms with Gasteiger partial charge in [0.15, 0.2) is 0 Å². The number of ether oxygens (including phenoxy) is 1. The number of benzene rings is 3. The normalized spacial score (nSPS) is 16.2. The van der Waals surface area contributed by atoms with E-state index in [4.69, 9.17) is 4.74 Å². The summed E-state index contributed by atoms with van der Waals surface area (Å²) in [7, 11) is 1.55.